The molecule has 0 unspecified atom stereocenters. The molecule has 7 nitrogen and oxygen atoms in total. The van der Waals surface area contributed by atoms with Crippen LogP contribution in [-0.2, 0) is 19.9 Å². The zero-order valence-corrected chi connectivity index (χ0v) is 19.1. The number of nitrogens with zero attached hydrogens (tertiary/aromatic N) is 1. The maximum atomic E-state index is 13.3. The molecular formula is C22H24N2O5S2. The zero-order valence-electron chi connectivity index (χ0n) is 17.4. The van der Waals surface area contributed by atoms with Crippen LogP contribution < -0.4 is 9.46 Å². The fourth-order valence-corrected chi connectivity index (χ4v) is 6.20. The number of aromatic nitrogens is 1. The summed E-state index contributed by atoms with van der Waals surface area (Å²) in [5, 5.41) is -1.16. The van der Waals surface area contributed by atoms with Gasteiger partial charge in [-0.25, -0.2) is 21.6 Å². The molecule has 1 N–H and O–H groups in total. The van der Waals surface area contributed by atoms with E-state index >= 15 is 0 Å². The number of pyridine rings is 1. The van der Waals surface area contributed by atoms with Gasteiger partial charge in [0.1, 0.15) is 15.9 Å². The van der Waals surface area contributed by atoms with Crippen molar-refractivity contribution in [2.75, 3.05) is 13.7 Å². The average molecular weight is 461 g/mol. The molecule has 0 aliphatic heterocycles. The van der Waals surface area contributed by atoms with Gasteiger partial charge in [0.15, 0.2) is 9.84 Å². The van der Waals surface area contributed by atoms with E-state index in [9.17, 15) is 16.8 Å². The fourth-order valence-electron chi connectivity index (χ4n) is 3.14. The minimum Gasteiger partial charge on any atom is -0.495 e. The Balaban J connectivity index is 2.00. The van der Waals surface area contributed by atoms with Crippen molar-refractivity contribution in [3.63, 3.8) is 0 Å². The third-order valence-electron chi connectivity index (χ3n) is 5.03. The third-order valence-corrected chi connectivity index (χ3v) is 8.59. The van der Waals surface area contributed by atoms with Crippen molar-refractivity contribution >= 4 is 19.9 Å². The van der Waals surface area contributed by atoms with Gasteiger partial charge in [0.2, 0.25) is 10.0 Å². The first-order valence-electron chi connectivity index (χ1n) is 9.50. The van der Waals surface area contributed by atoms with Crippen LogP contribution in [-0.4, -0.2) is 35.5 Å². The Labute approximate surface area is 183 Å². The van der Waals surface area contributed by atoms with Crippen LogP contribution in [0.5, 0.6) is 5.75 Å². The second kappa shape index (κ2) is 9.17. The second-order valence-electron chi connectivity index (χ2n) is 7.07. The third kappa shape index (κ3) is 4.95. The number of hydrogen-bond acceptors (Lipinski definition) is 6. The van der Waals surface area contributed by atoms with Gasteiger partial charge in [-0.2, -0.15) is 0 Å². The van der Waals surface area contributed by atoms with Gasteiger partial charge in [-0.15, -0.1) is 0 Å². The Hall–Kier alpha value is -2.75. The van der Waals surface area contributed by atoms with Gasteiger partial charge in [-0.3, -0.25) is 4.98 Å². The largest absolute Gasteiger partial charge is 0.495 e. The summed E-state index contributed by atoms with van der Waals surface area (Å²) in [4.78, 5) is 4.06. The van der Waals surface area contributed by atoms with E-state index in [1.807, 2.05) is 6.92 Å². The fraction of sp³-hybridized carbons (Fsp3) is 0.227. The van der Waals surface area contributed by atoms with E-state index in [1.54, 1.807) is 43.3 Å². The summed E-state index contributed by atoms with van der Waals surface area (Å²) < 4.78 is 60.5. The number of aryl methyl sites for hydroxylation is 2. The highest BCUT2D eigenvalue weighted by Gasteiger charge is 2.31. The predicted octanol–water partition coefficient (Wildman–Crippen LogP) is 3.20. The van der Waals surface area contributed by atoms with E-state index in [0.717, 1.165) is 11.1 Å². The quantitative estimate of drug-likeness (QED) is 0.554. The number of hydrogen-bond donors (Lipinski definition) is 1. The van der Waals surface area contributed by atoms with Crippen LogP contribution in [0, 0.1) is 13.8 Å². The first-order chi connectivity index (χ1) is 14.7. The van der Waals surface area contributed by atoms with Gasteiger partial charge in [0.25, 0.3) is 0 Å². The number of ether oxygens (including phenoxy) is 1. The van der Waals surface area contributed by atoms with Gasteiger partial charge in [0, 0.05) is 18.9 Å². The van der Waals surface area contributed by atoms with E-state index in [1.165, 1.54) is 37.7 Å². The maximum Gasteiger partial charge on any atom is 0.244 e. The molecule has 0 saturated carbocycles. The standard InChI is InChI=1S/C22H24N2O5S2/c1-16-12-20(29-3)21(13-17(16)2)31(27,28)24-15-22(18-8-7-11-23-14-18)30(25,26)19-9-5-4-6-10-19/h4-14,22,24H,15H2,1-3H3/t22-/m1/s1. The van der Waals surface area contributed by atoms with E-state index in [-0.39, 0.29) is 22.1 Å². The first kappa shape index (κ1) is 22.9. The van der Waals surface area contributed by atoms with Crippen molar-refractivity contribution in [2.45, 2.75) is 28.9 Å². The molecular weight excluding hydrogens is 436 g/mol. The highest BCUT2D eigenvalue weighted by molar-refractivity contribution is 7.92. The van der Waals surface area contributed by atoms with Crippen molar-refractivity contribution in [2.24, 2.45) is 0 Å². The van der Waals surface area contributed by atoms with Crippen molar-refractivity contribution in [3.8, 4) is 5.75 Å². The van der Waals surface area contributed by atoms with Crippen LogP contribution in [0.1, 0.15) is 21.9 Å². The summed E-state index contributed by atoms with van der Waals surface area (Å²) in [6.07, 6.45) is 2.95. The highest BCUT2D eigenvalue weighted by Crippen LogP contribution is 2.30. The Morgan fingerprint density at radius 1 is 0.968 bits per heavy atom. The van der Waals surface area contributed by atoms with Gasteiger partial charge in [-0.05, 0) is 60.9 Å². The summed E-state index contributed by atoms with van der Waals surface area (Å²) in [6.45, 7) is 3.29. The van der Waals surface area contributed by atoms with Crippen LogP contribution in [0.15, 0.2) is 76.8 Å². The Morgan fingerprint density at radius 3 is 2.26 bits per heavy atom. The predicted molar refractivity (Wildman–Crippen MR) is 118 cm³/mol. The van der Waals surface area contributed by atoms with E-state index in [0.29, 0.717) is 5.56 Å². The summed E-state index contributed by atoms with van der Waals surface area (Å²) in [7, 11) is -6.54. The van der Waals surface area contributed by atoms with Gasteiger partial charge >= 0.3 is 0 Å². The maximum absolute atomic E-state index is 13.3. The van der Waals surface area contributed by atoms with Crippen LogP contribution in [0.2, 0.25) is 0 Å². The van der Waals surface area contributed by atoms with E-state index < -0.39 is 25.1 Å². The second-order valence-corrected chi connectivity index (χ2v) is 10.9. The molecule has 0 saturated heterocycles. The molecule has 3 aromatic rings. The number of benzene rings is 2. The SMILES string of the molecule is COc1cc(C)c(C)cc1S(=O)(=O)NC[C@H](c1cccnc1)S(=O)(=O)c1ccccc1. The molecule has 0 fully saturated rings. The Morgan fingerprint density at radius 2 is 1.65 bits per heavy atom. The summed E-state index contributed by atoms with van der Waals surface area (Å²) >= 11 is 0. The molecule has 1 heterocycles. The molecule has 31 heavy (non-hydrogen) atoms. The topological polar surface area (TPSA) is 102 Å². The highest BCUT2D eigenvalue weighted by atomic mass is 32.2. The molecule has 2 aromatic carbocycles. The minimum absolute atomic E-state index is 0.0415. The lowest BCUT2D eigenvalue weighted by molar-refractivity contribution is 0.402. The van der Waals surface area contributed by atoms with Gasteiger partial charge in [0.05, 0.1) is 12.0 Å². The van der Waals surface area contributed by atoms with Crippen molar-refractivity contribution in [3.05, 3.63) is 83.7 Å². The molecule has 1 atom stereocenters. The van der Waals surface area contributed by atoms with Crippen LogP contribution >= 0.6 is 0 Å². The lowest BCUT2D eigenvalue weighted by Crippen LogP contribution is -2.32. The summed E-state index contributed by atoms with van der Waals surface area (Å²) in [5.41, 5.74) is 2.05. The zero-order chi connectivity index (χ0) is 22.6. The molecule has 0 aliphatic rings. The molecule has 0 aliphatic carbocycles. The molecule has 0 radical (unpaired) electrons. The first-order valence-corrected chi connectivity index (χ1v) is 12.5. The van der Waals surface area contributed by atoms with Crippen LogP contribution in [0.3, 0.4) is 0 Å². The van der Waals surface area contributed by atoms with Crippen LogP contribution in [0.25, 0.3) is 0 Å². The molecule has 164 valence electrons. The molecule has 0 amide bonds. The van der Waals surface area contributed by atoms with E-state index in [4.69, 9.17) is 4.74 Å². The van der Waals surface area contributed by atoms with Crippen molar-refractivity contribution in [1.82, 2.24) is 9.71 Å². The molecule has 0 spiro atoms. The minimum atomic E-state index is -4.05. The van der Waals surface area contributed by atoms with Crippen molar-refractivity contribution in [1.29, 1.82) is 0 Å². The molecule has 9 heteroatoms. The summed E-state index contributed by atoms with van der Waals surface area (Å²) in [6, 6.07) is 14.3. The smallest absolute Gasteiger partial charge is 0.244 e. The molecule has 3 rings (SSSR count). The average Bonchev–Trinajstić information content (AvgIpc) is 2.76. The summed E-state index contributed by atoms with van der Waals surface area (Å²) in [5.74, 6) is 0.194. The number of sulfone groups is 1. The number of methoxy groups -OCH3 is 1. The van der Waals surface area contributed by atoms with Gasteiger partial charge < -0.3 is 4.74 Å². The Kier molecular flexibility index (Phi) is 6.78. The monoisotopic (exact) mass is 460 g/mol. The van der Waals surface area contributed by atoms with Crippen LogP contribution in [0.4, 0.5) is 0 Å². The number of nitrogens with one attached hydrogen (secondary N) is 1. The number of rotatable bonds is 8. The van der Waals surface area contributed by atoms with Gasteiger partial charge in [-0.1, -0.05) is 24.3 Å². The lowest BCUT2D eigenvalue weighted by Gasteiger charge is -2.19. The Bertz CT molecular complexity index is 1260. The number of sulfonamides is 1. The lowest BCUT2D eigenvalue weighted by atomic mass is 10.1. The molecule has 1 aromatic heterocycles. The van der Waals surface area contributed by atoms with Crippen molar-refractivity contribution < 1.29 is 21.6 Å². The normalized spacial score (nSPS) is 13.0. The molecule has 0 bridgehead atoms. The van der Waals surface area contributed by atoms with E-state index in [2.05, 4.69) is 9.71 Å².